The first kappa shape index (κ1) is 22.4. The molecule has 1 heterocycles. The average Bonchev–Trinajstić information content (AvgIpc) is 3.10. The maximum atomic E-state index is 13.6. The van der Waals surface area contributed by atoms with E-state index in [0.717, 1.165) is 0 Å². The van der Waals surface area contributed by atoms with Crippen molar-refractivity contribution in [2.24, 2.45) is 5.92 Å². The lowest BCUT2D eigenvalue weighted by Gasteiger charge is -2.34. The van der Waals surface area contributed by atoms with Gasteiger partial charge in [0, 0.05) is 17.5 Å². The van der Waals surface area contributed by atoms with Gasteiger partial charge in [-0.05, 0) is 49.7 Å². The molecule has 33 heavy (non-hydrogen) atoms. The number of rotatable bonds is 7. The third-order valence-corrected chi connectivity index (χ3v) is 5.78. The van der Waals surface area contributed by atoms with Gasteiger partial charge in [0.05, 0.1) is 12.0 Å². The Balaban J connectivity index is 1.90. The molecule has 1 aliphatic rings. The van der Waals surface area contributed by atoms with E-state index in [2.05, 4.69) is 0 Å². The molecule has 0 amide bonds. The zero-order chi connectivity index (χ0) is 23.6. The van der Waals surface area contributed by atoms with Crippen molar-refractivity contribution in [1.82, 2.24) is 0 Å². The van der Waals surface area contributed by atoms with Crippen LogP contribution in [-0.4, -0.2) is 23.8 Å². The summed E-state index contributed by atoms with van der Waals surface area (Å²) in [7, 11) is 0. The molecule has 0 aliphatic carbocycles. The fourth-order valence-corrected chi connectivity index (χ4v) is 4.34. The van der Waals surface area contributed by atoms with Crippen LogP contribution in [0.2, 0.25) is 0 Å². The summed E-state index contributed by atoms with van der Waals surface area (Å²) in [6.45, 7) is 3.40. The van der Waals surface area contributed by atoms with Crippen molar-refractivity contribution in [3.63, 3.8) is 0 Å². The second-order valence-corrected chi connectivity index (χ2v) is 8.23. The smallest absolute Gasteiger partial charge is 0.327 e. The number of hydrogen-bond donors (Lipinski definition) is 0. The third-order valence-electron chi connectivity index (χ3n) is 5.78. The Bertz CT molecular complexity index is 1190. The summed E-state index contributed by atoms with van der Waals surface area (Å²) in [5, 5.41) is 0. The van der Waals surface area contributed by atoms with Crippen LogP contribution in [0.1, 0.15) is 41.8 Å². The van der Waals surface area contributed by atoms with Crippen LogP contribution >= 0.6 is 0 Å². The Morgan fingerprint density at radius 1 is 0.939 bits per heavy atom. The molecule has 5 nitrogen and oxygen atoms in total. The number of hydrogen-bond acceptors (Lipinski definition) is 5. The van der Waals surface area contributed by atoms with E-state index in [1.165, 1.54) is 24.3 Å². The molecule has 0 N–H and O–H groups in total. The number of carbonyl (C=O) groups is 3. The third kappa shape index (κ3) is 4.04. The van der Waals surface area contributed by atoms with Crippen LogP contribution in [0.5, 0.6) is 5.75 Å². The van der Waals surface area contributed by atoms with Crippen molar-refractivity contribution in [3.8, 4) is 5.75 Å². The monoisotopic (exact) mass is 446 g/mol. The highest BCUT2D eigenvalue weighted by Crippen LogP contribution is 2.50. The molecule has 0 saturated heterocycles. The standard InChI is InChI=1S/C27H23FO5/c1-17(2)32-25(30)22(16-23(29)18-12-14-20(28)15-13-18)27(19-8-4-3-5-9-19)21-10-6-7-11-24(21)33-26(27)31/h3-15,17,22H,16H2,1-2H3. The van der Waals surface area contributed by atoms with Gasteiger partial charge < -0.3 is 9.47 Å². The zero-order valence-electron chi connectivity index (χ0n) is 18.3. The number of esters is 2. The lowest BCUT2D eigenvalue weighted by Crippen LogP contribution is -2.48. The lowest BCUT2D eigenvalue weighted by atomic mass is 9.64. The molecule has 0 fully saturated rings. The minimum Gasteiger partial charge on any atom is -0.463 e. The molecule has 4 rings (SSSR count). The van der Waals surface area contributed by atoms with Gasteiger partial charge in [-0.2, -0.15) is 0 Å². The quantitative estimate of drug-likeness (QED) is 0.294. The second kappa shape index (κ2) is 8.98. The number of halogens is 1. The van der Waals surface area contributed by atoms with E-state index in [9.17, 15) is 18.8 Å². The van der Waals surface area contributed by atoms with Gasteiger partial charge in [-0.15, -0.1) is 0 Å². The number of ether oxygens (including phenoxy) is 2. The highest BCUT2D eigenvalue weighted by molar-refractivity contribution is 6.03. The fraction of sp³-hybridized carbons (Fsp3) is 0.222. The largest absolute Gasteiger partial charge is 0.463 e. The molecule has 0 radical (unpaired) electrons. The average molecular weight is 446 g/mol. The van der Waals surface area contributed by atoms with Crippen LogP contribution in [0.15, 0.2) is 78.9 Å². The van der Waals surface area contributed by atoms with Gasteiger partial charge in [0.25, 0.3) is 0 Å². The Morgan fingerprint density at radius 2 is 1.58 bits per heavy atom. The predicted octanol–water partition coefficient (Wildman–Crippen LogP) is 4.87. The molecule has 0 spiro atoms. The molecule has 0 bridgehead atoms. The van der Waals surface area contributed by atoms with E-state index in [1.54, 1.807) is 68.4 Å². The summed E-state index contributed by atoms with van der Waals surface area (Å²) in [5.41, 5.74) is -0.308. The topological polar surface area (TPSA) is 69.7 Å². The summed E-state index contributed by atoms with van der Waals surface area (Å²) >= 11 is 0. The van der Waals surface area contributed by atoms with Gasteiger partial charge in [-0.3, -0.25) is 14.4 Å². The number of Topliss-reactive ketones (excluding diaryl/α,β-unsaturated/α-hetero) is 1. The summed E-state index contributed by atoms with van der Waals surface area (Å²) < 4.78 is 24.5. The maximum Gasteiger partial charge on any atom is 0.327 e. The zero-order valence-corrected chi connectivity index (χ0v) is 18.3. The SMILES string of the molecule is CC(C)OC(=O)C(CC(=O)c1ccc(F)cc1)C1(c2ccccc2)C(=O)Oc2ccccc21. The molecule has 3 aromatic carbocycles. The summed E-state index contributed by atoms with van der Waals surface area (Å²) in [6.07, 6.45) is -0.781. The van der Waals surface area contributed by atoms with Crippen LogP contribution in [-0.2, 0) is 19.7 Å². The highest BCUT2D eigenvalue weighted by atomic mass is 19.1. The summed E-state index contributed by atoms with van der Waals surface area (Å²) in [6, 6.07) is 20.8. The molecule has 0 aromatic heterocycles. The van der Waals surface area contributed by atoms with Crippen molar-refractivity contribution in [3.05, 3.63) is 101 Å². The van der Waals surface area contributed by atoms with Gasteiger partial charge in [0.1, 0.15) is 17.0 Å². The number of benzene rings is 3. The second-order valence-electron chi connectivity index (χ2n) is 8.23. The highest BCUT2D eigenvalue weighted by Gasteiger charge is 2.59. The first-order valence-corrected chi connectivity index (χ1v) is 10.7. The minimum absolute atomic E-state index is 0.238. The normalized spacial score (nSPS) is 17.9. The summed E-state index contributed by atoms with van der Waals surface area (Å²) in [4.78, 5) is 40.2. The van der Waals surface area contributed by atoms with Gasteiger partial charge in [-0.1, -0.05) is 48.5 Å². The van der Waals surface area contributed by atoms with Crippen molar-refractivity contribution < 1.29 is 28.2 Å². The first-order chi connectivity index (χ1) is 15.8. The minimum atomic E-state index is -1.57. The van der Waals surface area contributed by atoms with Gasteiger partial charge in [0.15, 0.2) is 5.78 Å². The first-order valence-electron chi connectivity index (χ1n) is 10.7. The molecule has 1 aliphatic heterocycles. The molecule has 2 atom stereocenters. The van der Waals surface area contributed by atoms with Gasteiger partial charge >= 0.3 is 11.9 Å². The van der Waals surface area contributed by atoms with Gasteiger partial charge in [-0.25, -0.2) is 4.39 Å². The van der Waals surface area contributed by atoms with E-state index in [1.807, 2.05) is 0 Å². The molecule has 0 saturated carbocycles. The van der Waals surface area contributed by atoms with E-state index in [4.69, 9.17) is 9.47 Å². The Morgan fingerprint density at radius 3 is 2.24 bits per heavy atom. The van der Waals surface area contributed by atoms with Crippen molar-refractivity contribution in [2.75, 3.05) is 0 Å². The van der Waals surface area contributed by atoms with Crippen LogP contribution in [0.4, 0.5) is 4.39 Å². The van der Waals surface area contributed by atoms with Crippen LogP contribution < -0.4 is 4.74 Å². The summed E-state index contributed by atoms with van der Waals surface area (Å²) in [5.74, 6) is -3.08. The maximum absolute atomic E-state index is 13.6. The molecular formula is C27H23FO5. The Hall–Kier alpha value is -3.80. The van der Waals surface area contributed by atoms with Crippen molar-refractivity contribution in [2.45, 2.75) is 31.8 Å². The number of fused-ring (bicyclic) bond motifs is 1. The van der Waals surface area contributed by atoms with Crippen molar-refractivity contribution in [1.29, 1.82) is 0 Å². The van der Waals surface area contributed by atoms with E-state index < -0.39 is 41.0 Å². The van der Waals surface area contributed by atoms with Gasteiger partial charge in [0.2, 0.25) is 0 Å². The Kier molecular flexibility index (Phi) is 6.09. The van der Waals surface area contributed by atoms with E-state index >= 15 is 0 Å². The number of para-hydroxylation sites is 1. The molecule has 168 valence electrons. The molecule has 2 unspecified atom stereocenters. The predicted molar refractivity (Wildman–Crippen MR) is 119 cm³/mol. The number of ketones is 1. The molecule has 3 aromatic rings. The molecule has 6 heteroatoms. The fourth-order valence-electron chi connectivity index (χ4n) is 4.34. The van der Waals surface area contributed by atoms with Crippen molar-refractivity contribution >= 4 is 17.7 Å². The van der Waals surface area contributed by atoms with Crippen LogP contribution in [0, 0.1) is 11.7 Å². The van der Waals surface area contributed by atoms with Crippen LogP contribution in [0.3, 0.4) is 0 Å². The van der Waals surface area contributed by atoms with Crippen LogP contribution in [0.25, 0.3) is 0 Å². The Labute approximate surface area is 191 Å². The van der Waals surface area contributed by atoms with E-state index in [-0.39, 0.29) is 12.0 Å². The van der Waals surface area contributed by atoms with E-state index in [0.29, 0.717) is 16.9 Å². The lowest BCUT2D eigenvalue weighted by molar-refractivity contribution is -0.158. The molecular weight excluding hydrogens is 423 g/mol. The number of carbonyl (C=O) groups excluding carboxylic acids is 3.